The van der Waals surface area contributed by atoms with Crippen molar-refractivity contribution in [3.05, 3.63) is 46.0 Å². The number of benzene rings is 1. The van der Waals surface area contributed by atoms with Crippen molar-refractivity contribution in [1.29, 1.82) is 0 Å². The van der Waals surface area contributed by atoms with Gasteiger partial charge in [-0.3, -0.25) is 9.59 Å². The number of carbonyl (C=O) groups excluding carboxylic acids is 2. The molecule has 0 radical (unpaired) electrons. The Morgan fingerprint density at radius 3 is 2.85 bits per heavy atom. The van der Waals surface area contributed by atoms with E-state index in [0.29, 0.717) is 35.9 Å². The maximum absolute atomic E-state index is 14.6. The van der Waals surface area contributed by atoms with E-state index in [-0.39, 0.29) is 36.5 Å². The van der Waals surface area contributed by atoms with Crippen LogP contribution in [0.1, 0.15) is 55.4 Å². The van der Waals surface area contributed by atoms with Crippen LogP contribution in [0.5, 0.6) is 0 Å². The number of carbonyl (C=O) groups is 2. The molecule has 2 atom stereocenters. The normalized spacial score (nSPS) is 19.1. The number of aliphatic hydroxyl groups excluding tert-OH is 1. The fourth-order valence-corrected chi connectivity index (χ4v) is 4.76. The standard InChI is InChI=1S/C24H30ClFN4O4/c1-24(2,3)21(23(33)29-9-4-5-15(29)12-31)27-22(32)20-16-13-34-10-8-18(16)30(28-20)19-11-14(25)6-7-17(19)26/h6-7,11,15,21,31H,4-5,8-10,12-13H2,1-3H3,(H,27,32)/t15-,21-/m1/s1. The molecule has 1 aromatic heterocycles. The van der Waals surface area contributed by atoms with E-state index in [1.165, 1.54) is 22.9 Å². The summed E-state index contributed by atoms with van der Waals surface area (Å²) in [4.78, 5) is 28.5. The molecule has 2 aliphatic heterocycles. The molecule has 4 rings (SSSR count). The third-order valence-corrected chi connectivity index (χ3v) is 6.67. The van der Waals surface area contributed by atoms with Crippen LogP contribution in [0.25, 0.3) is 5.69 Å². The van der Waals surface area contributed by atoms with Crippen LogP contribution in [0.15, 0.2) is 18.2 Å². The lowest BCUT2D eigenvalue weighted by Gasteiger charge is -2.35. The van der Waals surface area contributed by atoms with E-state index in [0.717, 1.165) is 12.8 Å². The highest BCUT2D eigenvalue weighted by molar-refractivity contribution is 6.30. The number of ether oxygens (including phenoxy) is 1. The van der Waals surface area contributed by atoms with Gasteiger partial charge in [0.15, 0.2) is 5.69 Å². The highest BCUT2D eigenvalue weighted by atomic mass is 35.5. The molecule has 0 bridgehead atoms. The van der Waals surface area contributed by atoms with Gasteiger partial charge >= 0.3 is 0 Å². The van der Waals surface area contributed by atoms with Crippen molar-refractivity contribution in [3.8, 4) is 5.69 Å². The van der Waals surface area contributed by atoms with E-state index in [1.54, 1.807) is 4.90 Å². The molecular weight excluding hydrogens is 463 g/mol. The van der Waals surface area contributed by atoms with Crippen LogP contribution in [-0.4, -0.2) is 63.4 Å². The Morgan fingerprint density at radius 1 is 1.38 bits per heavy atom. The molecule has 0 unspecified atom stereocenters. The summed E-state index contributed by atoms with van der Waals surface area (Å²) in [5.74, 6) is -1.28. The Bertz CT molecular complexity index is 1100. The van der Waals surface area contributed by atoms with Crippen molar-refractivity contribution in [2.45, 2.75) is 58.7 Å². The first-order valence-electron chi connectivity index (χ1n) is 11.5. The van der Waals surface area contributed by atoms with Gasteiger partial charge in [0.1, 0.15) is 17.5 Å². The lowest BCUT2D eigenvalue weighted by Crippen LogP contribution is -2.56. The number of amides is 2. The number of hydrogen-bond acceptors (Lipinski definition) is 5. The van der Waals surface area contributed by atoms with Crippen molar-refractivity contribution < 1.29 is 23.8 Å². The zero-order valence-corrected chi connectivity index (χ0v) is 20.4. The van der Waals surface area contributed by atoms with Gasteiger partial charge in [-0.15, -0.1) is 0 Å². The largest absolute Gasteiger partial charge is 0.394 e. The molecule has 0 spiro atoms. The lowest BCUT2D eigenvalue weighted by atomic mass is 9.85. The van der Waals surface area contributed by atoms with Crippen molar-refractivity contribution in [1.82, 2.24) is 20.0 Å². The Labute approximate surface area is 203 Å². The second kappa shape index (κ2) is 9.64. The summed E-state index contributed by atoms with van der Waals surface area (Å²) >= 11 is 6.09. The van der Waals surface area contributed by atoms with Crippen LogP contribution in [0, 0.1) is 11.2 Å². The average Bonchev–Trinajstić information content (AvgIpc) is 3.42. The SMILES string of the molecule is CC(C)(C)[C@H](NC(=O)c1nn(-c2cc(Cl)ccc2F)c2c1COCC2)C(=O)N1CCC[C@@H]1CO. The zero-order chi connectivity index (χ0) is 24.6. The van der Waals surface area contributed by atoms with Crippen molar-refractivity contribution >= 4 is 23.4 Å². The number of hydrogen-bond donors (Lipinski definition) is 2. The molecule has 3 heterocycles. The van der Waals surface area contributed by atoms with Crippen molar-refractivity contribution in [3.63, 3.8) is 0 Å². The number of aliphatic hydroxyl groups is 1. The molecule has 10 heteroatoms. The van der Waals surface area contributed by atoms with E-state index in [9.17, 15) is 19.1 Å². The van der Waals surface area contributed by atoms with Crippen LogP contribution in [-0.2, 0) is 22.6 Å². The fraction of sp³-hybridized carbons (Fsp3) is 0.542. The number of fused-ring (bicyclic) bond motifs is 1. The summed E-state index contributed by atoms with van der Waals surface area (Å²) in [5.41, 5.74) is 0.897. The first-order chi connectivity index (χ1) is 16.1. The summed E-state index contributed by atoms with van der Waals surface area (Å²) in [5, 5.41) is 17.3. The van der Waals surface area contributed by atoms with Gasteiger partial charge in [-0.2, -0.15) is 5.10 Å². The summed E-state index contributed by atoms with van der Waals surface area (Å²) < 4.78 is 21.6. The molecule has 2 aliphatic rings. The number of nitrogens with zero attached hydrogens (tertiary/aromatic N) is 3. The second-order valence-corrected chi connectivity index (χ2v) is 10.3. The minimum absolute atomic E-state index is 0.0938. The smallest absolute Gasteiger partial charge is 0.272 e. The monoisotopic (exact) mass is 492 g/mol. The minimum Gasteiger partial charge on any atom is -0.394 e. The summed E-state index contributed by atoms with van der Waals surface area (Å²) in [7, 11) is 0. The molecule has 8 nitrogen and oxygen atoms in total. The summed E-state index contributed by atoms with van der Waals surface area (Å²) in [6.45, 7) is 6.63. The first-order valence-corrected chi connectivity index (χ1v) is 11.9. The molecule has 2 N–H and O–H groups in total. The Hall–Kier alpha value is -2.49. The molecule has 2 aromatic rings. The van der Waals surface area contributed by atoms with E-state index in [1.807, 2.05) is 20.8 Å². The molecule has 184 valence electrons. The third-order valence-electron chi connectivity index (χ3n) is 6.43. The Balaban J connectivity index is 1.68. The summed E-state index contributed by atoms with van der Waals surface area (Å²) in [6, 6.07) is 3.09. The number of likely N-dealkylation sites (tertiary alicyclic amines) is 1. The van der Waals surface area contributed by atoms with Gasteiger partial charge in [0.05, 0.1) is 31.6 Å². The van der Waals surface area contributed by atoms with Gasteiger partial charge in [-0.05, 0) is 36.5 Å². The van der Waals surface area contributed by atoms with Crippen LogP contribution < -0.4 is 5.32 Å². The van der Waals surface area contributed by atoms with Gasteiger partial charge in [0, 0.05) is 23.6 Å². The minimum atomic E-state index is -0.833. The van der Waals surface area contributed by atoms with E-state index in [2.05, 4.69) is 10.4 Å². The Morgan fingerprint density at radius 2 is 2.15 bits per heavy atom. The zero-order valence-electron chi connectivity index (χ0n) is 19.6. The van der Waals surface area contributed by atoms with E-state index < -0.39 is 23.2 Å². The van der Waals surface area contributed by atoms with Crippen LogP contribution >= 0.6 is 11.6 Å². The quantitative estimate of drug-likeness (QED) is 0.669. The van der Waals surface area contributed by atoms with Gasteiger partial charge in [0.2, 0.25) is 5.91 Å². The maximum Gasteiger partial charge on any atom is 0.272 e. The van der Waals surface area contributed by atoms with Crippen LogP contribution in [0.3, 0.4) is 0 Å². The van der Waals surface area contributed by atoms with Gasteiger partial charge < -0.3 is 20.1 Å². The number of halogens is 2. The van der Waals surface area contributed by atoms with Gasteiger partial charge in [-0.25, -0.2) is 9.07 Å². The highest BCUT2D eigenvalue weighted by Gasteiger charge is 2.40. The first kappa shape index (κ1) is 24.6. The third kappa shape index (κ3) is 4.69. The van der Waals surface area contributed by atoms with E-state index in [4.69, 9.17) is 16.3 Å². The van der Waals surface area contributed by atoms with Gasteiger partial charge in [-0.1, -0.05) is 32.4 Å². The molecule has 1 fully saturated rings. The molecule has 1 saturated heterocycles. The topological polar surface area (TPSA) is 96.7 Å². The second-order valence-electron chi connectivity index (χ2n) is 9.87. The van der Waals surface area contributed by atoms with Crippen LogP contribution in [0.4, 0.5) is 4.39 Å². The molecule has 34 heavy (non-hydrogen) atoms. The predicted molar refractivity (Wildman–Crippen MR) is 124 cm³/mol. The van der Waals surface area contributed by atoms with Crippen LogP contribution in [0.2, 0.25) is 5.02 Å². The molecule has 0 aliphatic carbocycles. The van der Waals surface area contributed by atoms with E-state index >= 15 is 0 Å². The van der Waals surface area contributed by atoms with Crippen molar-refractivity contribution in [2.24, 2.45) is 5.41 Å². The maximum atomic E-state index is 14.6. The molecule has 1 aromatic carbocycles. The molecule has 0 saturated carbocycles. The number of nitrogens with one attached hydrogen (secondary N) is 1. The average molecular weight is 493 g/mol. The summed E-state index contributed by atoms with van der Waals surface area (Å²) in [6.07, 6.45) is 1.99. The van der Waals surface area contributed by atoms with Crippen molar-refractivity contribution in [2.75, 3.05) is 19.8 Å². The molecular formula is C24H30ClFN4O4. The molecule has 2 amide bonds. The fourth-order valence-electron chi connectivity index (χ4n) is 4.60. The highest BCUT2D eigenvalue weighted by Crippen LogP contribution is 2.29. The number of aromatic nitrogens is 2. The number of rotatable bonds is 5. The Kier molecular flexibility index (Phi) is 6.98. The van der Waals surface area contributed by atoms with Gasteiger partial charge in [0.25, 0.3) is 5.91 Å². The lowest BCUT2D eigenvalue weighted by molar-refractivity contribution is -0.137. The predicted octanol–water partition coefficient (Wildman–Crippen LogP) is 2.87.